The lowest BCUT2D eigenvalue weighted by atomic mass is 10.2. The van der Waals surface area contributed by atoms with E-state index in [9.17, 15) is 13.2 Å². The predicted octanol–water partition coefficient (Wildman–Crippen LogP) is 4.35. The summed E-state index contributed by atoms with van der Waals surface area (Å²) in [5, 5.41) is 3.22. The second-order valence-electron chi connectivity index (χ2n) is 7.22. The average Bonchev–Trinajstić information content (AvgIpc) is 2.77. The zero-order chi connectivity index (χ0) is 23.1. The van der Waals surface area contributed by atoms with Gasteiger partial charge in [-0.2, -0.15) is 0 Å². The van der Waals surface area contributed by atoms with E-state index in [1.54, 1.807) is 43.3 Å². The van der Waals surface area contributed by atoms with Gasteiger partial charge >= 0.3 is 0 Å². The molecule has 0 heterocycles. The molecule has 3 rings (SSSR count). The molecule has 0 aliphatic heterocycles. The second kappa shape index (κ2) is 10.5. The van der Waals surface area contributed by atoms with E-state index in [1.807, 2.05) is 31.2 Å². The first kappa shape index (κ1) is 23.6. The summed E-state index contributed by atoms with van der Waals surface area (Å²) in [6, 6.07) is 20.5. The molecule has 168 valence electrons. The van der Waals surface area contributed by atoms with Gasteiger partial charge in [0.05, 0.1) is 17.1 Å². The van der Waals surface area contributed by atoms with Crippen LogP contribution < -0.4 is 14.4 Å². The van der Waals surface area contributed by atoms with Crippen molar-refractivity contribution >= 4 is 33.2 Å². The highest BCUT2D eigenvalue weighted by molar-refractivity contribution is 7.92. The lowest BCUT2D eigenvalue weighted by Crippen LogP contribution is -2.42. The molecule has 0 aliphatic carbocycles. The number of nitrogens with zero attached hydrogens (tertiary/aromatic N) is 1. The van der Waals surface area contributed by atoms with Gasteiger partial charge in [0.2, 0.25) is 5.91 Å². The van der Waals surface area contributed by atoms with Crippen LogP contribution in [0.3, 0.4) is 0 Å². The summed E-state index contributed by atoms with van der Waals surface area (Å²) < 4.78 is 33.5. The van der Waals surface area contributed by atoms with Crippen molar-refractivity contribution in [2.24, 2.45) is 0 Å². The van der Waals surface area contributed by atoms with E-state index in [-0.39, 0.29) is 24.6 Å². The number of para-hydroxylation sites is 1. The molecular formula is C24H25ClN2O4S. The number of hydrogen-bond donors (Lipinski definition) is 1. The Kier molecular flexibility index (Phi) is 7.77. The number of rotatable bonds is 9. The van der Waals surface area contributed by atoms with Crippen LogP contribution in [0, 0.1) is 13.8 Å². The quantitative estimate of drug-likeness (QED) is 0.470. The zero-order valence-electron chi connectivity index (χ0n) is 17.9. The smallest absolute Gasteiger partial charge is 0.264 e. The molecule has 3 aromatic carbocycles. The van der Waals surface area contributed by atoms with Gasteiger partial charge in [-0.05, 0) is 61.4 Å². The van der Waals surface area contributed by atoms with Gasteiger partial charge in [0.1, 0.15) is 18.9 Å². The number of hydrogen-bond acceptors (Lipinski definition) is 4. The monoisotopic (exact) mass is 472 g/mol. The number of aryl methyl sites for hydroxylation is 2. The Hall–Kier alpha value is -3.03. The number of ether oxygens (including phenoxy) is 1. The van der Waals surface area contributed by atoms with Crippen LogP contribution in [0.1, 0.15) is 11.1 Å². The largest absolute Gasteiger partial charge is 0.491 e. The van der Waals surface area contributed by atoms with E-state index in [0.29, 0.717) is 16.3 Å². The Morgan fingerprint density at radius 2 is 1.66 bits per heavy atom. The third-order valence-corrected chi connectivity index (χ3v) is 6.83. The van der Waals surface area contributed by atoms with Crippen molar-refractivity contribution in [2.45, 2.75) is 18.7 Å². The molecule has 0 atom stereocenters. The molecule has 0 fully saturated rings. The SMILES string of the molecule is Cc1ccccc1OCCNC(=O)CN(c1ccc(Cl)cc1C)S(=O)(=O)c1ccccc1. The van der Waals surface area contributed by atoms with Crippen LogP contribution in [0.2, 0.25) is 5.02 Å². The molecule has 0 saturated carbocycles. The Labute approximate surface area is 193 Å². The van der Waals surface area contributed by atoms with Crippen LogP contribution in [0.25, 0.3) is 0 Å². The number of amides is 1. The van der Waals surface area contributed by atoms with E-state index in [2.05, 4.69) is 5.32 Å². The molecule has 0 aromatic heterocycles. The number of halogens is 1. The van der Waals surface area contributed by atoms with Gasteiger partial charge in [0.25, 0.3) is 10.0 Å². The highest BCUT2D eigenvalue weighted by Gasteiger charge is 2.28. The summed E-state index contributed by atoms with van der Waals surface area (Å²) in [6.45, 7) is 3.83. The standard InChI is InChI=1S/C24H25ClN2O4S/c1-18-8-6-7-11-23(18)31-15-14-26-24(28)17-27(22-13-12-20(25)16-19(22)2)32(29,30)21-9-4-3-5-10-21/h3-13,16H,14-15,17H2,1-2H3,(H,26,28). The molecule has 0 spiro atoms. The Morgan fingerprint density at radius 3 is 2.34 bits per heavy atom. The first-order valence-corrected chi connectivity index (χ1v) is 11.9. The first-order chi connectivity index (χ1) is 15.3. The second-order valence-corrected chi connectivity index (χ2v) is 9.52. The summed E-state index contributed by atoms with van der Waals surface area (Å²) in [5.74, 6) is 0.305. The summed E-state index contributed by atoms with van der Waals surface area (Å²) in [6.07, 6.45) is 0. The Balaban J connectivity index is 1.74. The Morgan fingerprint density at radius 1 is 0.969 bits per heavy atom. The molecule has 0 unspecified atom stereocenters. The highest BCUT2D eigenvalue weighted by Crippen LogP contribution is 2.28. The average molecular weight is 473 g/mol. The molecule has 6 nitrogen and oxygen atoms in total. The third kappa shape index (κ3) is 5.81. The van der Waals surface area contributed by atoms with E-state index < -0.39 is 15.9 Å². The molecule has 1 amide bonds. The Bertz CT molecular complexity index is 1180. The topological polar surface area (TPSA) is 75.7 Å². The summed E-state index contributed by atoms with van der Waals surface area (Å²) in [5.41, 5.74) is 2.04. The van der Waals surface area contributed by atoms with Gasteiger partial charge in [-0.15, -0.1) is 0 Å². The van der Waals surface area contributed by atoms with Crippen molar-refractivity contribution < 1.29 is 17.9 Å². The summed E-state index contributed by atoms with van der Waals surface area (Å²) >= 11 is 6.04. The van der Waals surface area contributed by atoms with E-state index in [0.717, 1.165) is 15.6 Å². The number of carbonyl (C=O) groups is 1. The van der Waals surface area contributed by atoms with E-state index in [4.69, 9.17) is 16.3 Å². The zero-order valence-corrected chi connectivity index (χ0v) is 19.5. The van der Waals surface area contributed by atoms with Gasteiger partial charge in [-0.25, -0.2) is 8.42 Å². The van der Waals surface area contributed by atoms with Crippen LogP contribution in [-0.2, 0) is 14.8 Å². The summed E-state index contributed by atoms with van der Waals surface area (Å²) in [4.78, 5) is 12.8. The van der Waals surface area contributed by atoms with Crippen LogP contribution in [-0.4, -0.2) is 34.0 Å². The highest BCUT2D eigenvalue weighted by atomic mass is 35.5. The normalized spacial score (nSPS) is 11.1. The molecule has 0 saturated heterocycles. The molecule has 32 heavy (non-hydrogen) atoms. The molecule has 0 aliphatic rings. The third-order valence-electron chi connectivity index (χ3n) is 4.82. The van der Waals surface area contributed by atoms with Crippen LogP contribution in [0.4, 0.5) is 5.69 Å². The number of nitrogens with one attached hydrogen (secondary N) is 1. The van der Waals surface area contributed by atoms with E-state index in [1.165, 1.54) is 12.1 Å². The van der Waals surface area contributed by atoms with Gasteiger partial charge in [0.15, 0.2) is 0 Å². The summed E-state index contributed by atoms with van der Waals surface area (Å²) in [7, 11) is -3.97. The van der Waals surface area contributed by atoms with Crippen LogP contribution >= 0.6 is 11.6 Å². The molecule has 8 heteroatoms. The van der Waals surface area contributed by atoms with E-state index >= 15 is 0 Å². The van der Waals surface area contributed by atoms with Crippen LogP contribution in [0.15, 0.2) is 77.7 Å². The van der Waals surface area contributed by atoms with Crippen molar-refractivity contribution in [3.63, 3.8) is 0 Å². The maximum Gasteiger partial charge on any atom is 0.264 e. The van der Waals surface area contributed by atoms with Crippen molar-refractivity contribution in [1.29, 1.82) is 0 Å². The molecule has 1 N–H and O–H groups in total. The van der Waals surface area contributed by atoms with Gasteiger partial charge < -0.3 is 10.1 Å². The minimum atomic E-state index is -3.97. The fraction of sp³-hybridized carbons (Fsp3) is 0.208. The van der Waals surface area contributed by atoms with Crippen molar-refractivity contribution in [1.82, 2.24) is 5.32 Å². The van der Waals surface area contributed by atoms with Crippen LogP contribution in [0.5, 0.6) is 5.75 Å². The van der Waals surface area contributed by atoms with Crippen molar-refractivity contribution in [2.75, 3.05) is 24.0 Å². The van der Waals surface area contributed by atoms with Gasteiger partial charge in [-0.3, -0.25) is 9.10 Å². The minimum absolute atomic E-state index is 0.102. The minimum Gasteiger partial charge on any atom is -0.491 e. The van der Waals surface area contributed by atoms with Crippen molar-refractivity contribution in [3.8, 4) is 5.75 Å². The molecule has 0 radical (unpaired) electrons. The fourth-order valence-electron chi connectivity index (χ4n) is 3.17. The van der Waals surface area contributed by atoms with Gasteiger partial charge in [0, 0.05) is 5.02 Å². The fourth-order valence-corrected chi connectivity index (χ4v) is 4.91. The lowest BCUT2D eigenvalue weighted by Gasteiger charge is -2.25. The van der Waals surface area contributed by atoms with Crippen molar-refractivity contribution in [3.05, 3.63) is 88.9 Å². The lowest BCUT2D eigenvalue weighted by molar-refractivity contribution is -0.119. The molecule has 0 bridgehead atoms. The first-order valence-electron chi connectivity index (χ1n) is 10.1. The maximum absolute atomic E-state index is 13.3. The number of sulfonamides is 1. The predicted molar refractivity (Wildman–Crippen MR) is 127 cm³/mol. The molecular weight excluding hydrogens is 448 g/mol. The number of benzene rings is 3. The maximum atomic E-state index is 13.3. The number of carbonyl (C=O) groups excluding carboxylic acids is 1. The van der Waals surface area contributed by atoms with Gasteiger partial charge in [-0.1, -0.05) is 48.0 Å². The molecule has 3 aromatic rings. The number of anilines is 1.